The fourth-order valence-corrected chi connectivity index (χ4v) is 4.37. The summed E-state index contributed by atoms with van der Waals surface area (Å²) in [6.07, 6.45) is 5.65. The van der Waals surface area contributed by atoms with Gasteiger partial charge in [0.1, 0.15) is 11.4 Å². The number of guanidine groups is 1. The minimum Gasteiger partial charge on any atom is -0.487 e. The minimum atomic E-state index is -0.0496. The molecule has 0 amide bonds. The summed E-state index contributed by atoms with van der Waals surface area (Å²) in [6.45, 7) is 0.616. The number of benzene rings is 2. The predicted molar refractivity (Wildman–Crippen MR) is 110 cm³/mol. The number of nitriles is 1. The molecule has 0 bridgehead atoms. The van der Waals surface area contributed by atoms with Crippen LogP contribution >= 0.6 is 0 Å². The van der Waals surface area contributed by atoms with E-state index in [1.165, 1.54) is 18.4 Å². The normalized spacial score (nSPS) is 20.1. The Bertz CT molecular complexity index is 909. The molecule has 28 heavy (non-hydrogen) atoms. The van der Waals surface area contributed by atoms with Crippen LogP contribution < -0.4 is 15.4 Å². The Balaban J connectivity index is 1.49. The van der Waals surface area contributed by atoms with Crippen molar-refractivity contribution in [1.29, 1.82) is 5.26 Å². The molecule has 5 nitrogen and oxygen atoms in total. The first kappa shape index (κ1) is 18.4. The number of ether oxygens (including phenoxy) is 1. The van der Waals surface area contributed by atoms with Gasteiger partial charge < -0.3 is 15.4 Å². The maximum atomic E-state index is 9.08. The molecular formula is C23H26N4O. The van der Waals surface area contributed by atoms with Gasteiger partial charge in [0.05, 0.1) is 17.7 Å². The monoisotopic (exact) mass is 374 g/mol. The van der Waals surface area contributed by atoms with Gasteiger partial charge in [-0.05, 0) is 49.4 Å². The molecule has 1 aliphatic heterocycles. The van der Waals surface area contributed by atoms with Crippen LogP contribution in [0.5, 0.6) is 5.75 Å². The molecule has 1 spiro atoms. The van der Waals surface area contributed by atoms with Gasteiger partial charge in [-0.1, -0.05) is 30.3 Å². The largest absolute Gasteiger partial charge is 0.487 e. The highest BCUT2D eigenvalue weighted by Crippen LogP contribution is 2.46. The van der Waals surface area contributed by atoms with Crippen LogP contribution in [0.2, 0.25) is 0 Å². The van der Waals surface area contributed by atoms with Crippen LogP contribution in [0.3, 0.4) is 0 Å². The number of fused-ring (bicyclic) bond motifs is 1. The van der Waals surface area contributed by atoms with Crippen molar-refractivity contribution in [3.8, 4) is 11.8 Å². The van der Waals surface area contributed by atoms with E-state index in [0.29, 0.717) is 12.1 Å². The third-order valence-corrected chi connectivity index (χ3v) is 5.76. The quantitative estimate of drug-likeness (QED) is 0.628. The SMILES string of the molecule is CN=C(NCc1cccc(C#N)c1)NC1CC2(CCCC2)Oc2ccccc21. The van der Waals surface area contributed by atoms with Crippen LogP contribution in [0.15, 0.2) is 53.5 Å². The molecule has 1 heterocycles. The van der Waals surface area contributed by atoms with Crippen LogP contribution in [0.1, 0.15) is 54.8 Å². The summed E-state index contributed by atoms with van der Waals surface area (Å²) in [7, 11) is 1.79. The zero-order chi connectivity index (χ0) is 19.4. The maximum Gasteiger partial charge on any atom is 0.191 e. The standard InChI is InChI=1S/C23H26N4O/c1-25-22(26-16-18-8-6-7-17(13-18)15-24)27-20-14-23(11-4-5-12-23)28-21-10-3-2-9-19(20)21/h2-3,6-10,13,20H,4-5,11-12,14,16H2,1H3,(H2,25,26,27). The lowest BCUT2D eigenvalue weighted by molar-refractivity contribution is 0.0396. The van der Waals surface area contributed by atoms with Gasteiger partial charge in [0.2, 0.25) is 0 Å². The predicted octanol–water partition coefficient (Wildman–Crippen LogP) is 4.06. The molecular weight excluding hydrogens is 348 g/mol. The number of rotatable bonds is 3. The van der Waals surface area contributed by atoms with E-state index < -0.39 is 0 Å². The lowest BCUT2D eigenvalue weighted by atomic mass is 9.86. The number of hydrogen-bond acceptors (Lipinski definition) is 3. The van der Waals surface area contributed by atoms with E-state index in [1.54, 1.807) is 7.05 Å². The molecule has 1 atom stereocenters. The molecule has 2 aliphatic rings. The molecule has 1 unspecified atom stereocenters. The van der Waals surface area contributed by atoms with E-state index in [2.05, 4.69) is 39.9 Å². The van der Waals surface area contributed by atoms with E-state index in [0.717, 1.165) is 36.5 Å². The summed E-state index contributed by atoms with van der Waals surface area (Å²) in [6, 6.07) is 18.3. The maximum absolute atomic E-state index is 9.08. The van der Waals surface area contributed by atoms with E-state index in [-0.39, 0.29) is 11.6 Å². The van der Waals surface area contributed by atoms with Crippen molar-refractivity contribution in [1.82, 2.24) is 10.6 Å². The number of nitrogens with one attached hydrogen (secondary N) is 2. The van der Waals surface area contributed by atoms with Crippen LogP contribution in [0.4, 0.5) is 0 Å². The smallest absolute Gasteiger partial charge is 0.191 e. The van der Waals surface area contributed by atoms with E-state index in [4.69, 9.17) is 10.00 Å². The van der Waals surface area contributed by atoms with Crippen molar-refractivity contribution in [2.75, 3.05) is 7.05 Å². The van der Waals surface area contributed by atoms with Gasteiger partial charge in [-0.25, -0.2) is 0 Å². The molecule has 1 fully saturated rings. The van der Waals surface area contributed by atoms with Crippen molar-refractivity contribution in [3.63, 3.8) is 0 Å². The molecule has 1 saturated carbocycles. The van der Waals surface area contributed by atoms with Crippen LogP contribution in [-0.2, 0) is 6.54 Å². The van der Waals surface area contributed by atoms with E-state index in [9.17, 15) is 0 Å². The van der Waals surface area contributed by atoms with E-state index >= 15 is 0 Å². The number of para-hydroxylation sites is 1. The second-order valence-corrected chi connectivity index (χ2v) is 7.67. The van der Waals surface area contributed by atoms with E-state index in [1.807, 2.05) is 30.3 Å². The molecule has 5 heteroatoms. The van der Waals surface area contributed by atoms with Gasteiger partial charge in [0.15, 0.2) is 5.96 Å². The Hall–Kier alpha value is -3.00. The zero-order valence-electron chi connectivity index (χ0n) is 16.2. The first-order valence-corrected chi connectivity index (χ1v) is 9.95. The number of nitrogens with zero attached hydrogens (tertiary/aromatic N) is 2. The summed E-state index contributed by atoms with van der Waals surface area (Å²) in [5.74, 6) is 1.75. The lowest BCUT2D eigenvalue weighted by Gasteiger charge is -2.40. The summed E-state index contributed by atoms with van der Waals surface area (Å²) < 4.78 is 6.45. The van der Waals surface area contributed by atoms with Crippen LogP contribution in [0, 0.1) is 11.3 Å². The molecule has 2 N–H and O–H groups in total. The average Bonchev–Trinajstić information content (AvgIpc) is 3.18. The Morgan fingerprint density at radius 2 is 2.04 bits per heavy atom. The highest BCUT2D eigenvalue weighted by molar-refractivity contribution is 5.80. The van der Waals surface area contributed by atoms with Gasteiger partial charge in [0, 0.05) is 25.6 Å². The minimum absolute atomic E-state index is 0.0496. The molecule has 4 rings (SSSR count). The van der Waals surface area contributed by atoms with Crippen molar-refractivity contribution in [2.24, 2.45) is 4.99 Å². The fraction of sp³-hybridized carbons (Fsp3) is 0.391. The average molecular weight is 374 g/mol. The topological polar surface area (TPSA) is 69.4 Å². The Morgan fingerprint density at radius 3 is 2.82 bits per heavy atom. The summed E-state index contributed by atoms with van der Waals surface area (Å²) in [4.78, 5) is 4.42. The second-order valence-electron chi connectivity index (χ2n) is 7.67. The Labute approximate surface area is 166 Å². The molecule has 0 aromatic heterocycles. The number of hydrogen-bond donors (Lipinski definition) is 2. The highest BCUT2D eigenvalue weighted by atomic mass is 16.5. The van der Waals surface area contributed by atoms with Gasteiger partial charge >= 0.3 is 0 Å². The van der Waals surface area contributed by atoms with Crippen LogP contribution in [0.25, 0.3) is 0 Å². The van der Waals surface area contributed by atoms with Gasteiger partial charge in [-0.15, -0.1) is 0 Å². The Morgan fingerprint density at radius 1 is 1.21 bits per heavy atom. The molecule has 2 aromatic carbocycles. The van der Waals surface area contributed by atoms with Gasteiger partial charge in [-0.2, -0.15) is 5.26 Å². The van der Waals surface area contributed by atoms with Crippen molar-refractivity contribution < 1.29 is 4.74 Å². The van der Waals surface area contributed by atoms with Crippen molar-refractivity contribution in [2.45, 2.75) is 50.3 Å². The summed E-state index contributed by atoms with van der Waals surface area (Å²) >= 11 is 0. The highest BCUT2D eigenvalue weighted by Gasteiger charge is 2.43. The lowest BCUT2D eigenvalue weighted by Crippen LogP contribution is -2.46. The molecule has 0 radical (unpaired) electrons. The summed E-state index contributed by atoms with van der Waals surface area (Å²) in [5, 5.41) is 16.1. The number of aliphatic imine (C=N–C) groups is 1. The first-order valence-electron chi connectivity index (χ1n) is 9.95. The molecule has 1 aliphatic carbocycles. The fourth-order valence-electron chi connectivity index (χ4n) is 4.37. The van der Waals surface area contributed by atoms with Gasteiger partial charge in [-0.3, -0.25) is 4.99 Å². The Kier molecular flexibility index (Phi) is 5.21. The van der Waals surface area contributed by atoms with Gasteiger partial charge in [0.25, 0.3) is 0 Å². The summed E-state index contributed by atoms with van der Waals surface area (Å²) in [5.41, 5.74) is 2.87. The molecule has 2 aromatic rings. The third-order valence-electron chi connectivity index (χ3n) is 5.76. The van der Waals surface area contributed by atoms with Crippen molar-refractivity contribution >= 4 is 5.96 Å². The second kappa shape index (κ2) is 7.93. The molecule has 144 valence electrons. The third kappa shape index (κ3) is 3.82. The van der Waals surface area contributed by atoms with Crippen LogP contribution in [-0.4, -0.2) is 18.6 Å². The molecule has 0 saturated heterocycles. The first-order chi connectivity index (χ1) is 13.7. The zero-order valence-corrected chi connectivity index (χ0v) is 16.2. The van der Waals surface area contributed by atoms with Crippen molar-refractivity contribution in [3.05, 3.63) is 65.2 Å².